The van der Waals surface area contributed by atoms with E-state index in [4.69, 9.17) is 5.84 Å². The van der Waals surface area contributed by atoms with Crippen LogP contribution in [-0.4, -0.2) is 41.5 Å². The summed E-state index contributed by atoms with van der Waals surface area (Å²) in [6, 6.07) is 1.85. The van der Waals surface area contributed by atoms with Gasteiger partial charge in [-0.15, -0.1) is 0 Å². The Kier molecular flexibility index (Phi) is 5.55. The highest BCUT2D eigenvalue weighted by molar-refractivity contribution is 5.46. The number of nitrogens with two attached hydrogens (primary N) is 1. The summed E-state index contributed by atoms with van der Waals surface area (Å²) in [5.74, 6) is 8.59. The van der Waals surface area contributed by atoms with Crippen molar-refractivity contribution >= 4 is 11.6 Å². The summed E-state index contributed by atoms with van der Waals surface area (Å²) in [5, 5.41) is 3.39. The smallest absolute Gasteiger partial charge is 0.145 e. The van der Waals surface area contributed by atoms with E-state index in [1.54, 1.807) is 0 Å². The second-order valence-corrected chi connectivity index (χ2v) is 5.51. The Morgan fingerprint density at radius 2 is 2.00 bits per heavy atom. The van der Waals surface area contributed by atoms with Crippen molar-refractivity contribution in [3.05, 3.63) is 11.9 Å². The van der Waals surface area contributed by atoms with Crippen LogP contribution in [0.2, 0.25) is 0 Å². The van der Waals surface area contributed by atoms with Crippen molar-refractivity contribution in [2.75, 3.05) is 37.4 Å². The summed E-state index contributed by atoms with van der Waals surface area (Å²) in [7, 11) is 2.20. The van der Waals surface area contributed by atoms with Gasteiger partial charge in [-0.3, -0.25) is 0 Å². The van der Waals surface area contributed by atoms with Crippen LogP contribution in [0, 0.1) is 5.92 Å². The zero-order chi connectivity index (χ0) is 14.4. The van der Waals surface area contributed by atoms with Gasteiger partial charge in [0, 0.05) is 19.0 Å². The second kappa shape index (κ2) is 7.40. The van der Waals surface area contributed by atoms with Gasteiger partial charge in [-0.1, -0.05) is 6.92 Å². The summed E-state index contributed by atoms with van der Waals surface area (Å²) >= 11 is 0. The molecular formula is C14H26N6. The van der Waals surface area contributed by atoms with E-state index in [2.05, 4.69) is 32.7 Å². The number of likely N-dealkylation sites (tertiary alicyclic amines) is 1. The predicted molar refractivity (Wildman–Crippen MR) is 82.5 cm³/mol. The van der Waals surface area contributed by atoms with E-state index in [9.17, 15) is 0 Å². The minimum Gasteiger partial charge on any atom is -0.370 e. The molecule has 112 valence electrons. The molecule has 6 heteroatoms. The highest BCUT2D eigenvalue weighted by Gasteiger charge is 2.16. The molecule has 1 aromatic rings. The average Bonchev–Trinajstić information content (AvgIpc) is 2.49. The third kappa shape index (κ3) is 4.31. The van der Waals surface area contributed by atoms with Crippen molar-refractivity contribution in [1.29, 1.82) is 0 Å². The van der Waals surface area contributed by atoms with Crippen molar-refractivity contribution in [2.45, 2.75) is 32.6 Å². The Bertz CT molecular complexity index is 392. The maximum Gasteiger partial charge on any atom is 0.145 e. The van der Waals surface area contributed by atoms with Crippen LogP contribution in [-0.2, 0) is 6.42 Å². The number of nitrogens with one attached hydrogen (secondary N) is 2. The number of rotatable bonds is 6. The van der Waals surface area contributed by atoms with Crippen molar-refractivity contribution in [2.24, 2.45) is 11.8 Å². The maximum atomic E-state index is 5.43. The summed E-state index contributed by atoms with van der Waals surface area (Å²) in [6.07, 6.45) is 4.61. The molecule has 0 atom stereocenters. The SMILES string of the molecule is CCc1nc(NN)cc(NCCC2CCN(C)CC2)n1. The molecule has 0 spiro atoms. The van der Waals surface area contributed by atoms with Gasteiger partial charge >= 0.3 is 0 Å². The molecule has 6 nitrogen and oxygen atoms in total. The molecule has 2 heterocycles. The van der Waals surface area contributed by atoms with Gasteiger partial charge in [0.05, 0.1) is 0 Å². The first kappa shape index (κ1) is 15.0. The Morgan fingerprint density at radius 3 is 2.65 bits per heavy atom. The largest absolute Gasteiger partial charge is 0.370 e. The van der Waals surface area contributed by atoms with E-state index in [-0.39, 0.29) is 0 Å². The third-order valence-corrected chi connectivity index (χ3v) is 3.93. The minimum atomic E-state index is 0.665. The van der Waals surface area contributed by atoms with Crippen LogP contribution in [0.3, 0.4) is 0 Å². The number of aromatic nitrogens is 2. The number of hydrazine groups is 1. The molecule has 0 aliphatic carbocycles. The first-order valence-corrected chi connectivity index (χ1v) is 7.48. The summed E-state index contributed by atoms with van der Waals surface area (Å²) < 4.78 is 0. The average molecular weight is 278 g/mol. The monoisotopic (exact) mass is 278 g/mol. The van der Waals surface area contributed by atoms with Crippen molar-refractivity contribution in [3.8, 4) is 0 Å². The molecular weight excluding hydrogens is 252 g/mol. The number of aryl methyl sites for hydroxylation is 1. The quantitative estimate of drug-likeness (QED) is 0.540. The van der Waals surface area contributed by atoms with E-state index in [1.165, 1.54) is 32.4 Å². The van der Waals surface area contributed by atoms with Crippen LogP contribution < -0.4 is 16.6 Å². The molecule has 1 aromatic heterocycles. The predicted octanol–water partition coefficient (Wildman–Crippen LogP) is 1.47. The molecule has 1 aliphatic rings. The van der Waals surface area contributed by atoms with Crippen molar-refractivity contribution in [1.82, 2.24) is 14.9 Å². The number of nitrogen functional groups attached to an aromatic ring is 1. The number of nitrogens with zero attached hydrogens (tertiary/aromatic N) is 3. The topological polar surface area (TPSA) is 79.1 Å². The van der Waals surface area contributed by atoms with Crippen LogP contribution in [0.1, 0.15) is 32.0 Å². The van der Waals surface area contributed by atoms with Gasteiger partial charge in [-0.2, -0.15) is 0 Å². The fourth-order valence-electron chi connectivity index (χ4n) is 2.57. The van der Waals surface area contributed by atoms with Crippen LogP contribution in [0.25, 0.3) is 0 Å². The van der Waals surface area contributed by atoms with Crippen LogP contribution in [0.5, 0.6) is 0 Å². The molecule has 20 heavy (non-hydrogen) atoms. The lowest BCUT2D eigenvalue weighted by atomic mass is 9.94. The summed E-state index contributed by atoms with van der Waals surface area (Å²) in [6.45, 7) is 5.44. The summed E-state index contributed by atoms with van der Waals surface area (Å²) in [5.41, 5.74) is 2.59. The zero-order valence-electron chi connectivity index (χ0n) is 12.5. The molecule has 4 N–H and O–H groups in total. The second-order valence-electron chi connectivity index (χ2n) is 5.51. The molecule has 0 amide bonds. The number of hydrogen-bond donors (Lipinski definition) is 3. The summed E-state index contributed by atoms with van der Waals surface area (Å²) in [4.78, 5) is 11.2. The molecule has 0 radical (unpaired) electrons. The van der Waals surface area contributed by atoms with E-state index < -0.39 is 0 Å². The highest BCUT2D eigenvalue weighted by atomic mass is 15.3. The van der Waals surface area contributed by atoms with Gasteiger partial charge in [-0.25, -0.2) is 15.8 Å². The van der Waals surface area contributed by atoms with E-state index in [1.807, 2.05) is 13.0 Å². The Labute approximate surface area is 121 Å². The van der Waals surface area contributed by atoms with Gasteiger partial charge in [-0.05, 0) is 45.3 Å². The highest BCUT2D eigenvalue weighted by Crippen LogP contribution is 2.19. The molecule has 0 unspecified atom stereocenters. The van der Waals surface area contributed by atoms with E-state index in [0.29, 0.717) is 5.82 Å². The third-order valence-electron chi connectivity index (χ3n) is 3.93. The first-order valence-electron chi connectivity index (χ1n) is 7.48. The maximum absolute atomic E-state index is 5.43. The standard InChI is InChI=1S/C14H26N6/c1-3-12-17-13(10-14(18-12)19-15)16-7-4-11-5-8-20(2)9-6-11/h10-11H,3-9,15H2,1-2H3,(H2,16,17,18,19). The Hall–Kier alpha value is -1.40. The normalized spacial score (nSPS) is 17.1. The molecule has 0 saturated carbocycles. The van der Waals surface area contributed by atoms with Gasteiger partial charge < -0.3 is 15.6 Å². The number of piperidine rings is 1. The zero-order valence-corrected chi connectivity index (χ0v) is 12.5. The lowest BCUT2D eigenvalue weighted by Gasteiger charge is -2.28. The Morgan fingerprint density at radius 1 is 1.30 bits per heavy atom. The first-order chi connectivity index (χ1) is 9.71. The lowest BCUT2D eigenvalue weighted by Crippen LogP contribution is -2.30. The molecule has 1 fully saturated rings. The lowest BCUT2D eigenvalue weighted by molar-refractivity contribution is 0.215. The fraction of sp³-hybridized carbons (Fsp3) is 0.714. The molecule has 0 aromatic carbocycles. The van der Waals surface area contributed by atoms with Gasteiger partial charge in [0.15, 0.2) is 0 Å². The Balaban J connectivity index is 1.81. The van der Waals surface area contributed by atoms with Crippen molar-refractivity contribution in [3.63, 3.8) is 0 Å². The van der Waals surface area contributed by atoms with Crippen LogP contribution in [0.15, 0.2) is 6.07 Å². The number of anilines is 2. The van der Waals surface area contributed by atoms with E-state index >= 15 is 0 Å². The molecule has 1 aliphatic heterocycles. The van der Waals surface area contributed by atoms with Gasteiger partial charge in [0.2, 0.25) is 0 Å². The molecule has 0 bridgehead atoms. The minimum absolute atomic E-state index is 0.665. The molecule has 1 saturated heterocycles. The van der Waals surface area contributed by atoms with Crippen molar-refractivity contribution < 1.29 is 0 Å². The van der Waals surface area contributed by atoms with E-state index in [0.717, 1.165) is 30.5 Å². The molecule has 2 rings (SSSR count). The van der Waals surface area contributed by atoms with Gasteiger partial charge in [0.25, 0.3) is 0 Å². The van der Waals surface area contributed by atoms with Crippen LogP contribution >= 0.6 is 0 Å². The fourth-order valence-corrected chi connectivity index (χ4v) is 2.57. The van der Waals surface area contributed by atoms with Crippen LogP contribution in [0.4, 0.5) is 11.6 Å². The number of hydrogen-bond acceptors (Lipinski definition) is 6. The van der Waals surface area contributed by atoms with Gasteiger partial charge in [0.1, 0.15) is 17.5 Å².